The van der Waals surface area contributed by atoms with E-state index < -0.39 is 0 Å². The van der Waals surface area contributed by atoms with E-state index >= 15 is 0 Å². The van der Waals surface area contributed by atoms with Crippen LogP contribution in [0.2, 0.25) is 0 Å². The Labute approximate surface area is 108 Å². The van der Waals surface area contributed by atoms with Gasteiger partial charge in [-0.1, -0.05) is 60.7 Å². The molecule has 1 nitrogen and oxygen atoms in total. The Kier molecular flexibility index (Phi) is 3.42. The summed E-state index contributed by atoms with van der Waals surface area (Å²) >= 11 is 0. The van der Waals surface area contributed by atoms with E-state index in [1.807, 2.05) is 6.07 Å². The maximum absolute atomic E-state index is 5.80. The van der Waals surface area contributed by atoms with Crippen LogP contribution in [0.5, 0.6) is 0 Å². The monoisotopic (exact) mass is 238 g/mol. The zero-order chi connectivity index (χ0) is 12.2. The van der Waals surface area contributed by atoms with Crippen molar-refractivity contribution in [2.75, 3.05) is 6.61 Å². The fourth-order valence-corrected chi connectivity index (χ4v) is 2.44. The first-order valence-electron chi connectivity index (χ1n) is 6.60. The first-order chi connectivity index (χ1) is 8.93. The number of ether oxygens (including phenoxy) is 1. The Hall–Kier alpha value is -1.60. The molecular weight excluding hydrogens is 220 g/mol. The van der Waals surface area contributed by atoms with Gasteiger partial charge in [0, 0.05) is 0 Å². The highest BCUT2D eigenvalue weighted by Crippen LogP contribution is 2.47. The van der Waals surface area contributed by atoms with Gasteiger partial charge in [-0.3, -0.25) is 0 Å². The van der Waals surface area contributed by atoms with Crippen LogP contribution in [0.15, 0.2) is 60.7 Å². The topological polar surface area (TPSA) is 9.23 Å². The Morgan fingerprint density at radius 3 is 2.28 bits per heavy atom. The molecule has 2 atom stereocenters. The predicted molar refractivity (Wildman–Crippen MR) is 73.4 cm³/mol. The molecule has 1 heteroatoms. The molecule has 0 heterocycles. The minimum atomic E-state index is 0.719. The van der Waals surface area contributed by atoms with Crippen molar-refractivity contribution in [3.05, 3.63) is 71.8 Å². The molecule has 0 N–H and O–H groups in total. The van der Waals surface area contributed by atoms with Gasteiger partial charge in [-0.15, -0.1) is 0 Å². The molecule has 92 valence electrons. The highest BCUT2D eigenvalue weighted by atomic mass is 16.5. The third-order valence-corrected chi connectivity index (χ3v) is 3.59. The van der Waals surface area contributed by atoms with Crippen LogP contribution in [0.25, 0.3) is 0 Å². The average Bonchev–Trinajstić information content (AvgIpc) is 3.21. The van der Waals surface area contributed by atoms with Crippen molar-refractivity contribution in [3.63, 3.8) is 0 Å². The Morgan fingerprint density at radius 2 is 1.56 bits per heavy atom. The van der Waals surface area contributed by atoms with Crippen LogP contribution < -0.4 is 0 Å². The van der Waals surface area contributed by atoms with Gasteiger partial charge in [0.15, 0.2) is 0 Å². The quantitative estimate of drug-likeness (QED) is 0.764. The minimum Gasteiger partial charge on any atom is -0.376 e. The number of hydrogen-bond donors (Lipinski definition) is 0. The van der Waals surface area contributed by atoms with Crippen LogP contribution in [0.1, 0.15) is 23.5 Å². The summed E-state index contributed by atoms with van der Waals surface area (Å²) in [5.41, 5.74) is 2.72. The molecule has 1 aliphatic rings. The van der Waals surface area contributed by atoms with E-state index in [1.54, 1.807) is 0 Å². The second kappa shape index (κ2) is 5.36. The van der Waals surface area contributed by atoms with Gasteiger partial charge >= 0.3 is 0 Å². The smallest absolute Gasteiger partial charge is 0.0717 e. The molecule has 0 aromatic heterocycles. The number of hydrogen-bond acceptors (Lipinski definition) is 1. The van der Waals surface area contributed by atoms with Crippen molar-refractivity contribution < 1.29 is 4.74 Å². The summed E-state index contributed by atoms with van der Waals surface area (Å²) in [5, 5.41) is 0. The van der Waals surface area contributed by atoms with Crippen LogP contribution >= 0.6 is 0 Å². The highest BCUT2D eigenvalue weighted by molar-refractivity contribution is 5.25. The van der Waals surface area contributed by atoms with E-state index in [9.17, 15) is 0 Å². The van der Waals surface area contributed by atoms with Crippen molar-refractivity contribution in [1.82, 2.24) is 0 Å². The lowest BCUT2D eigenvalue weighted by Gasteiger charge is -2.04. The fraction of sp³-hybridized carbons (Fsp3) is 0.294. The average molecular weight is 238 g/mol. The standard InChI is InChI=1S/C17H18O/c1-3-7-14(8-4-1)12-18-13-16-11-17(16)15-9-5-2-6-10-15/h1-10,16-17H,11-13H2/t16-,17+/m0/s1. The van der Waals surface area contributed by atoms with Gasteiger partial charge in [-0.05, 0) is 29.4 Å². The summed E-state index contributed by atoms with van der Waals surface area (Å²) in [4.78, 5) is 0. The second-order valence-electron chi connectivity index (χ2n) is 5.01. The Morgan fingerprint density at radius 1 is 0.889 bits per heavy atom. The first kappa shape index (κ1) is 11.5. The van der Waals surface area contributed by atoms with Crippen molar-refractivity contribution in [1.29, 1.82) is 0 Å². The summed E-state index contributed by atoms with van der Waals surface area (Å²) in [6.45, 7) is 1.62. The molecule has 2 aromatic carbocycles. The summed E-state index contributed by atoms with van der Waals surface area (Å²) in [7, 11) is 0. The third-order valence-electron chi connectivity index (χ3n) is 3.59. The lowest BCUT2D eigenvalue weighted by Crippen LogP contribution is -1.98. The summed E-state index contributed by atoms with van der Waals surface area (Å²) in [6, 6.07) is 21.1. The van der Waals surface area contributed by atoms with Crippen LogP contribution in [0.4, 0.5) is 0 Å². The van der Waals surface area contributed by atoms with Crippen LogP contribution in [-0.4, -0.2) is 6.61 Å². The van der Waals surface area contributed by atoms with Gasteiger partial charge < -0.3 is 4.74 Å². The number of benzene rings is 2. The molecule has 0 spiro atoms. The summed E-state index contributed by atoms with van der Waals surface area (Å²) in [6.07, 6.45) is 1.28. The predicted octanol–water partition coefficient (Wildman–Crippen LogP) is 4.01. The molecule has 1 aliphatic carbocycles. The second-order valence-corrected chi connectivity index (χ2v) is 5.01. The van der Waals surface area contributed by atoms with Gasteiger partial charge in [0.25, 0.3) is 0 Å². The van der Waals surface area contributed by atoms with Crippen LogP contribution in [0.3, 0.4) is 0 Å². The van der Waals surface area contributed by atoms with E-state index in [4.69, 9.17) is 4.74 Å². The third kappa shape index (κ3) is 2.80. The molecular formula is C17H18O. The van der Waals surface area contributed by atoms with E-state index in [1.165, 1.54) is 17.5 Å². The molecule has 0 unspecified atom stereocenters. The van der Waals surface area contributed by atoms with Crippen molar-refractivity contribution in [2.45, 2.75) is 18.9 Å². The van der Waals surface area contributed by atoms with E-state index in [2.05, 4.69) is 54.6 Å². The Bertz CT molecular complexity index is 477. The molecule has 0 saturated heterocycles. The minimum absolute atomic E-state index is 0.719. The largest absolute Gasteiger partial charge is 0.376 e. The molecule has 18 heavy (non-hydrogen) atoms. The molecule has 1 saturated carbocycles. The molecule has 2 aromatic rings. The maximum atomic E-state index is 5.80. The van der Waals surface area contributed by atoms with E-state index in [-0.39, 0.29) is 0 Å². The van der Waals surface area contributed by atoms with Crippen LogP contribution in [-0.2, 0) is 11.3 Å². The molecule has 0 bridgehead atoms. The van der Waals surface area contributed by atoms with E-state index in [0.717, 1.165) is 25.0 Å². The molecule has 0 aliphatic heterocycles. The van der Waals surface area contributed by atoms with Gasteiger partial charge in [-0.2, -0.15) is 0 Å². The lowest BCUT2D eigenvalue weighted by molar-refractivity contribution is 0.110. The van der Waals surface area contributed by atoms with Gasteiger partial charge in [0.1, 0.15) is 0 Å². The molecule has 0 radical (unpaired) electrons. The lowest BCUT2D eigenvalue weighted by atomic mass is 10.1. The SMILES string of the molecule is c1ccc(COC[C@@H]2C[C@@H]2c2ccccc2)cc1. The zero-order valence-electron chi connectivity index (χ0n) is 10.5. The normalized spacial score (nSPS) is 21.8. The van der Waals surface area contributed by atoms with Crippen LogP contribution in [0, 0.1) is 5.92 Å². The summed E-state index contributed by atoms with van der Waals surface area (Å²) in [5.74, 6) is 1.44. The first-order valence-corrected chi connectivity index (χ1v) is 6.60. The summed E-state index contributed by atoms with van der Waals surface area (Å²) < 4.78 is 5.80. The maximum Gasteiger partial charge on any atom is 0.0717 e. The highest BCUT2D eigenvalue weighted by Gasteiger charge is 2.37. The van der Waals surface area contributed by atoms with Crippen molar-refractivity contribution in [2.24, 2.45) is 5.92 Å². The van der Waals surface area contributed by atoms with Gasteiger partial charge in [0.05, 0.1) is 13.2 Å². The van der Waals surface area contributed by atoms with Crippen molar-refractivity contribution >= 4 is 0 Å². The zero-order valence-corrected chi connectivity index (χ0v) is 10.5. The van der Waals surface area contributed by atoms with Gasteiger partial charge in [0.2, 0.25) is 0 Å². The molecule has 1 fully saturated rings. The number of rotatable bonds is 5. The molecule has 0 amide bonds. The molecule has 3 rings (SSSR count). The Balaban J connectivity index is 1.44. The van der Waals surface area contributed by atoms with E-state index in [0.29, 0.717) is 0 Å². The van der Waals surface area contributed by atoms with Gasteiger partial charge in [-0.25, -0.2) is 0 Å². The fourth-order valence-electron chi connectivity index (χ4n) is 2.44. The van der Waals surface area contributed by atoms with Crippen molar-refractivity contribution in [3.8, 4) is 0 Å².